The van der Waals surface area contributed by atoms with Crippen molar-refractivity contribution in [1.29, 1.82) is 0 Å². The van der Waals surface area contributed by atoms with Crippen molar-refractivity contribution in [3.8, 4) is 5.75 Å². The van der Waals surface area contributed by atoms with E-state index < -0.39 is 0 Å². The van der Waals surface area contributed by atoms with E-state index in [1.165, 1.54) is 4.88 Å². The van der Waals surface area contributed by atoms with Crippen LogP contribution in [0.3, 0.4) is 0 Å². The van der Waals surface area contributed by atoms with E-state index in [4.69, 9.17) is 9.15 Å². The number of benzene rings is 1. The second kappa shape index (κ2) is 7.17. The standard InChI is InChI=1S/C18H19BrN2O3S/c1-9(2)23-14-5-12(6-15-13(14)7-16(19)24-15)18(22)20-8-17-21-10(3)11(4)25-17/h5-7,9H,8H2,1-4H3,(H,20,22). The van der Waals surface area contributed by atoms with Crippen LogP contribution in [0.25, 0.3) is 11.0 Å². The van der Waals surface area contributed by atoms with Crippen molar-refractivity contribution in [2.24, 2.45) is 0 Å². The van der Waals surface area contributed by atoms with Gasteiger partial charge >= 0.3 is 0 Å². The SMILES string of the molecule is Cc1nc(CNC(=O)c2cc(OC(C)C)c3cc(Br)oc3c2)sc1C. The van der Waals surface area contributed by atoms with Crippen molar-refractivity contribution in [3.05, 3.63) is 44.0 Å². The van der Waals surface area contributed by atoms with Crippen molar-refractivity contribution in [2.45, 2.75) is 40.3 Å². The first-order valence-electron chi connectivity index (χ1n) is 7.94. The number of aromatic nitrogens is 1. The van der Waals surface area contributed by atoms with Crippen molar-refractivity contribution in [2.75, 3.05) is 0 Å². The van der Waals surface area contributed by atoms with Crippen molar-refractivity contribution in [3.63, 3.8) is 0 Å². The van der Waals surface area contributed by atoms with E-state index in [0.717, 1.165) is 16.1 Å². The molecule has 0 saturated heterocycles. The monoisotopic (exact) mass is 422 g/mol. The summed E-state index contributed by atoms with van der Waals surface area (Å²) in [4.78, 5) is 18.2. The Hall–Kier alpha value is -1.86. The first-order chi connectivity index (χ1) is 11.8. The third-order valence-corrected chi connectivity index (χ3v) is 5.13. The molecule has 1 aromatic carbocycles. The Bertz CT molecular complexity index is 910. The molecule has 0 unspecified atom stereocenters. The van der Waals surface area contributed by atoms with E-state index in [1.807, 2.05) is 33.8 Å². The number of nitrogens with one attached hydrogen (secondary N) is 1. The fraction of sp³-hybridized carbons (Fsp3) is 0.333. The van der Waals surface area contributed by atoms with Crippen LogP contribution >= 0.6 is 27.3 Å². The zero-order valence-electron chi connectivity index (χ0n) is 14.5. The minimum atomic E-state index is -0.187. The number of carbonyl (C=O) groups excluding carboxylic acids is 1. The molecule has 0 saturated carbocycles. The van der Waals surface area contributed by atoms with Crippen LogP contribution in [-0.4, -0.2) is 17.0 Å². The third-order valence-electron chi connectivity index (χ3n) is 3.67. The maximum absolute atomic E-state index is 12.6. The van der Waals surface area contributed by atoms with Gasteiger partial charge < -0.3 is 14.5 Å². The number of rotatable bonds is 5. The second-order valence-corrected chi connectivity index (χ2v) is 8.10. The molecule has 0 aliphatic rings. The number of nitrogens with zero attached hydrogens (tertiary/aromatic N) is 1. The van der Waals surface area contributed by atoms with Crippen LogP contribution in [0.4, 0.5) is 0 Å². The Morgan fingerprint density at radius 1 is 1.36 bits per heavy atom. The van der Waals surface area contributed by atoms with Gasteiger partial charge in [0, 0.05) is 16.5 Å². The predicted molar refractivity (Wildman–Crippen MR) is 102 cm³/mol. The van der Waals surface area contributed by atoms with Gasteiger partial charge in [-0.05, 0) is 55.8 Å². The van der Waals surface area contributed by atoms with E-state index in [-0.39, 0.29) is 12.0 Å². The van der Waals surface area contributed by atoms with E-state index in [1.54, 1.807) is 23.5 Å². The minimum Gasteiger partial charge on any atom is -0.490 e. The number of fused-ring (bicyclic) bond motifs is 1. The molecule has 3 aromatic rings. The van der Waals surface area contributed by atoms with E-state index in [2.05, 4.69) is 26.2 Å². The lowest BCUT2D eigenvalue weighted by Crippen LogP contribution is -2.22. The molecule has 1 amide bonds. The molecule has 2 heterocycles. The van der Waals surface area contributed by atoms with Gasteiger partial charge in [-0.1, -0.05) is 0 Å². The fourth-order valence-corrected chi connectivity index (χ4v) is 3.71. The summed E-state index contributed by atoms with van der Waals surface area (Å²) in [5, 5.41) is 4.64. The molecule has 0 radical (unpaired) electrons. The Morgan fingerprint density at radius 2 is 2.12 bits per heavy atom. The molecule has 1 N–H and O–H groups in total. The molecule has 0 aliphatic carbocycles. The first kappa shape index (κ1) is 17.9. The Labute approximate surface area is 158 Å². The van der Waals surface area contributed by atoms with Crippen LogP contribution in [0.5, 0.6) is 5.75 Å². The highest BCUT2D eigenvalue weighted by Gasteiger charge is 2.16. The molecular weight excluding hydrogens is 404 g/mol. The molecule has 5 nitrogen and oxygen atoms in total. The van der Waals surface area contributed by atoms with Crippen LogP contribution in [0.1, 0.15) is 39.8 Å². The van der Waals surface area contributed by atoms with Gasteiger partial charge in [-0.3, -0.25) is 4.79 Å². The van der Waals surface area contributed by atoms with Crippen LogP contribution < -0.4 is 10.1 Å². The number of ether oxygens (including phenoxy) is 1. The van der Waals surface area contributed by atoms with Crippen molar-refractivity contribution >= 4 is 44.1 Å². The lowest BCUT2D eigenvalue weighted by molar-refractivity contribution is 0.0950. The van der Waals surface area contributed by atoms with Gasteiger partial charge in [0.05, 0.1) is 23.7 Å². The molecule has 2 aromatic heterocycles. The number of carbonyl (C=O) groups is 1. The van der Waals surface area contributed by atoms with E-state index >= 15 is 0 Å². The Morgan fingerprint density at radius 3 is 2.76 bits per heavy atom. The summed E-state index contributed by atoms with van der Waals surface area (Å²) >= 11 is 4.92. The van der Waals surface area contributed by atoms with Crippen LogP contribution in [-0.2, 0) is 6.54 Å². The molecule has 25 heavy (non-hydrogen) atoms. The summed E-state index contributed by atoms with van der Waals surface area (Å²) in [7, 11) is 0. The maximum Gasteiger partial charge on any atom is 0.251 e. The molecule has 7 heteroatoms. The van der Waals surface area contributed by atoms with Crippen LogP contribution in [0.15, 0.2) is 27.3 Å². The normalized spacial score (nSPS) is 11.3. The molecule has 0 bridgehead atoms. The first-order valence-corrected chi connectivity index (χ1v) is 9.55. The topological polar surface area (TPSA) is 64.4 Å². The largest absolute Gasteiger partial charge is 0.490 e. The molecule has 0 atom stereocenters. The molecule has 0 spiro atoms. The van der Waals surface area contributed by atoms with Gasteiger partial charge in [0.25, 0.3) is 5.91 Å². The summed E-state index contributed by atoms with van der Waals surface area (Å²) in [6, 6.07) is 5.31. The number of hydrogen-bond acceptors (Lipinski definition) is 5. The van der Waals surface area contributed by atoms with Crippen molar-refractivity contribution < 1.29 is 13.9 Å². The lowest BCUT2D eigenvalue weighted by Gasteiger charge is -2.12. The average molecular weight is 423 g/mol. The minimum absolute atomic E-state index is 0.00328. The van der Waals surface area contributed by atoms with Crippen LogP contribution in [0.2, 0.25) is 0 Å². The number of amides is 1. The smallest absolute Gasteiger partial charge is 0.251 e. The van der Waals surface area contributed by atoms with Gasteiger partial charge in [-0.15, -0.1) is 11.3 Å². The summed E-state index contributed by atoms with van der Waals surface area (Å²) in [5.41, 5.74) is 2.11. The molecule has 0 aliphatic heterocycles. The highest BCUT2D eigenvalue weighted by Crippen LogP contribution is 2.33. The maximum atomic E-state index is 12.6. The number of furan rings is 1. The van der Waals surface area contributed by atoms with Gasteiger partial charge in [0.1, 0.15) is 16.3 Å². The zero-order chi connectivity index (χ0) is 18.1. The Kier molecular flexibility index (Phi) is 5.15. The second-order valence-electron chi connectivity index (χ2n) is 6.04. The third kappa shape index (κ3) is 4.04. The van der Waals surface area contributed by atoms with Crippen molar-refractivity contribution in [1.82, 2.24) is 10.3 Å². The predicted octanol–water partition coefficient (Wildman–Crippen LogP) is 4.99. The zero-order valence-corrected chi connectivity index (χ0v) is 16.9. The number of thiazole rings is 1. The molecule has 0 fully saturated rings. The van der Waals surface area contributed by atoms with Gasteiger partial charge in [-0.25, -0.2) is 4.98 Å². The summed E-state index contributed by atoms with van der Waals surface area (Å²) in [6.45, 7) is 8.28. The molecule has 3 rings (SSSR count). The molecule has 132 valence electrons. The van der Waals surface area contributed by atoms with E-state index in [9.17, 15) is 4.79 Å². The summed E-state index contributed by atoms with van der Waals surface area (Å²) in [5.74, 6) is 0.446. The quantitative estimate of drug-likeness (QED) is 0.628. The summed E-state index contributed by atoms with van der Waals surface area (Å²) < 4.78 is 12.1. The highest BCUT2D eigenvalue weighted by molar-refractivity contribution is 9.10. The average Bonchev–Trinajstić information content (AvgIpc) is 3.06. The fourth-order valence-electron chi connectivity index (χ4n) is 2.43. The number of hydrogen-bond donors (Lipinski definition) is 1. The summed E-state index contributed by atoms with van der Waals surface area (Å²) in [6.07, 6.45) is -0.00328. The van der Waals surface area contributed by atoms with Crippen LogP contribution in [0, 0.1) is 13.8 Å². The van der Waals surface area contributed by atoms with Gasteiger partial charge in [0.15, 0.2) is 4.67 Å². The van der Waals surface area contributed by atoms with E-state index in [0.29, 0.717) is 28.1 Å². The lowest BCUT2D eigenvalue weighted by atomic mass is 10.1. The highest BCUT2D eigenvalue weighted by atomic mass is 79.9. The van der Waals surface area contributed by atoms with Gasteiger partial charge in [-0.2, -0.15) is 0 Å². The number of halogens is 1. The Balaban J connectivity index is 1.85. The molecular formula is C18H19BrN2O3S. The van der Waals surface area contributed by atoms with Gasteiger partial charge in [0.2, 0.25) is 0 Å². The number of aryl methyl sites for hydroxylation is 2.